The zero-order chi connectivity index (χ0) is 24.1. The molecule has 1 N–H and O–H groups in total. The van der Waals surface area contributed by atoms with Gasteiger partial charge in [0.15, 0.2) is 11.5 Å². The molecular weight excluding hydrogens is 440 g/mol. The second-order valence-corrected chi connectivity index (χ2v) is 8.24. The summed E-state index contributed by atoms with van der Waals surface area (Å²) in [6.45, 7) is 1.86. The zero-order valence-corrected chi connectivity index (χ0v) is 19.7. The Kier molecular flexibility index (Phi) is 7.42. The molecule has 34 heavy (non-hydrogen) atoms. The molecule has 0 spiro atoms. The summed E-state index contributed by atoms with van der Waals surface area (Å²) in [5.41, 5.74) is 1.32. The van der Waals surface area contributed by atoms with Gasteiger partial charge in [-0.15, -0.1) is 0 Å². The van der Waals surface area contributed by atoms with Crippen molar-refractivity contribution < 1.29 is 33.3 Å². The van der Waals surface area contributed by atoms with Gasteiger partial charge in [-0.2, -0.15) is 0 Å². The molecule has 0 radical (unpaired) electrons. The molecule has 0 aromatic heterocycles. The van der Waals surface area contributed by atoms with Crippen LogP contribution in [0.1, 0.15) is 28.3 Å². The van der Waals surface area contributed by atoms with Crippen molar-refractivity contribution in [3.8, 4) is 23.0 Å². The molecule has 0 aliphatic carbocycles. The van der Waals surface area contributed by atoms with Crippen LogP contribution in [0.5, 0.6) is 23.0 Å². The Morgan fingerprint density at radius 1 is 1.03 bits per heavy atom. The van der Waals surface area contributed by atoms with Crippen LogP contribution in [-0.2, 0) is 9.53 Å². The molecule has 2 heterocycles. The SMILES string of the molecule is COCCCNC(=O)C1CN(C(=O)c2ccc3c(c2)OCO3)CC1c1cc(OC)ccc1OC. The lowest BCUT2D eigenvalue weighted by Gasteiger charge is -2.21. The van der Waals surface area contributed by atoms with E-state index in [1.807, 2.05) is 18.2 Å². The van der Waals surface area contributed by atoms with Crippen LogP contribution in [-0.4, -0.2) is 71.1 Å². The molecule has 1 fully saturated rings. The molecular formula is C25H30N2O7. The number of amides is 2. The van der Waals surface area contributed by atoms with Gasteiger partial charge in [-0.3, -0.25) is 9.59 Å². The quantitative estimate of drug-likeness (QED) is 0.563. The number of likely N-dealkylation sites (tertiary alicyclic amines) is 1. The van der Waals surface area contributed by atoms with Gasteiger partial charge in [0.05, 0.1) is 20.1 Å². The minimum atomic E-state index is -0.443. The maximum atomic E-state index is 13.4. The molecule has 9 nitrogen and oxygen atoms in total. The third-order valence-corrected chi connectivity index (χ3v) is 6.22. The first-order valence-corrected chi connectivity index (χ1v) is 11.2. The summed E-state index contributed by atoms with van der Waals surface area (Å²) in [7, 11) is 4.81. The average molecular weight is 471 g/mol. The van der Waals surface area contributed by atoms with Gasteiger partial charge in [0, 0.05) is 50.4 Å². The maximum Gasteiger partial charge on any atom is 0.254 e. The molecule has 2 aromatic rings. The highest BCUT2D eigenvalue weighted by atomic mass is 16.7. The Labute approximate surface area is 198 Å². The molecule has 2 atom stereocenters. The van der Waals surface area contributed by atoms with Crippen LogP contribution in [0.2, 0.25) is 0 Å². The summed E-state index contributed by atoms with van der Waals surface area (Å²) < 4.78 is 26.8. The number of rotatable bonds is 9. The summed E-state index contributed by atoms with van der Waals surface area (Å²) in [6, 6.07) is 10.6. The lowest BCUT2D eigenvalue weighted by molar-refractivity contribution is -0.125. The number of carbonyl (C=O) groups excluding carboxylic acids is 2. The van der Waals surface area contributed by atoms with E-state index in [0.717, 1.165) is 5.56 Å². The number of methoxy groups -OCH3 is 3. The predicted octanol–water partition coefficient (Wildman–Crippen LogP) is 2.44. The third kappa shape index (κ3) is 4.89. The standard InChI is InChI=1S/C25H30N2O7/c1-30-10-4-9-26-24(28)20-14-27(25(29)16-5-7-22-23(11-16)34-15-33-22)13-19(20)18-12-17(31-2)6-8-21(18)32-3/h5-8,11-12,19-20H,4,9-10,13-15H2,1-3H3,(H,26,28). The van der Waals surface area contributed by atoms with E-state index in [0.29, 0.717) is 54.7 Å². The number of fused-ring (bicyclic) bond motifs is 1. The topological polar surface area (TPSA) is 95.6 Å². The van der Waals surface area contributed by atoms with Crippen LogP contribution in [0.15, 0.2) is 36.4 Å². The molecule has 1 saturated heterocycles. The van der Waals surface area contributed by atoms with Crippen LogP contribution in [0.4, 0.5) is 0 Å². The molecule has 2 aliphatic heterocycles. The summed E-state index contributed by atoms with van der Waals surface area (Å²) in [5.74, 6) is 1.50. The van der Waals surface area contributed by atoms with Crippen molar-refractivity contribution in [2.75, 3.05) is 54.4 Å². The second kappa shape index (κ2) is 10.6. The number of nitrogens with one attached hydrogen (secondary N) is 1. The molecule has 0 bridgehead atoms. The average Bonchev–Trinajstić information content (AvgIpc) is 3.52. The van der Waals surface area contributed by atoms with Gasteiger partial charge in [0.1, 0.15) is 11.5 Å². The number of hydrogen-bond donors (Lipinski definition) is 1. The van der Waals surface area contributed by atoms with Crippen LogP contribution in [0, 0.1) is 5.92 Å². The van der Waals surface area contributed by atoms with E-state index in [-0.39, 0.29) is 31.1 Å². The molecule has 2 aromatic carbocycles. The van der Waals surface area contributed by atoms with Crippen LogP contribution in [0.3, 0.4) is 0 Å². The summed E-state index contributed by atoms with van der Waals surface area (Å²) in [5, 5.41) is 2.99. The van der Waals surface area contributed by atoms with Crippen molar-refractivity contribution in [2.24, 2.45) is 5.92 Å². The lowest BCUT2D eigenvalue weighted by Crippen LogP contribution is -2.36. The first kappa shape index (κ1) is 23.7. The highest BCUT2D eigenvalue weighted by molar-refractivity contribution is 5.96. The van der Waals surface area contributed by atoms with Crippen molar-refractivity contribution >= 4 is 11.8 Å². The summed E-state index contributed by atoms with van der Waals surface area (Å²) in [4.78, 5) is 28.3. The van der Waals surface area contributed by atoms with Gasteiger partial charge in [-0.25, -0.2) is 0 Å². The Bertz CT molecular complexity index is 1040. The first-order valence-electron chi connectivity index (χ1n) is 11.2. The van der Waals surface area contributed by atoms with Gasteiger partial charge >= 0.3 is 0 Å². The number of nitrogens with zero attached hydrogens (tertiary/aromatic N) is 1. The van der Waals surface area contributed by atoms with E-state index in [2.05, 4.69) is 5.32 Å². The lowest BCUT2D eigenvalue weighted by atomic mass is 9.87. The minimum absolute atomic E-state index is 0.105. The largest absolute Gasteiger partial charge is 0.497 e. The fourth-order valence-electron chi connectivity index (χ4n) is 4.45. The van der Waals surface area contributed by atoms with E-state index in [1.54, 1.807) is 44.4 Å². The molecule has 2 unspecified atom stereocenters. The van der Waals surface area contributed by atoms with Crippen molar-refractivity contribution in [3.05, 3.63) is 47.5 Å². The van der Waals surface area contributed by atoms with Crippen molar-refractivity contribution in [1.29, 1.82) is 0 Å². The van der Waals surface area contributed by atoms with Gasteiger partial charge < -0.3 is 33.9 Å². The Hall–Kier alpha value is -3.46. The Morgan fingerprint density at radius 3 is 2.62 bits per heavy atom. The number of benzene rings is 2. The van der Waals surface area contributed by atoms with Crippen LogP contribution in [0.25, 0.3) is 0 Å². The highest BCUT2D eigenvalue weighted by Gasteiger charge is 2.42. The van der Waals surface area contributed by atoms with Crippen LogP contribution >= 0.6 is 0 Å². The van der Waals surface area contributed by atoms with E-state index in [4.69, 9.17) is 23.7 Å². The summed E-state index contributed by atoms with van der Waals surface area (Å²) >= 11 is 0. The zero-order valence-electron chi connectivity index (χ0n) is 19.7. The smallest absolute Gasteiger partial charge is 0.254 e. The number of carbonyl (C=O) groups is 2. The number of ether oxygens (including phenoxy) is 5. The van der Waals surface area contributed by atoms with E-state index >= 15 is 0 Å². The van der Waals surface area contributed by atoms with Gasteiger partial charge in [0.25, 0.3) is 5.91 Å². The van der Waals surface area contributed by atoms with E-state index in [9.17, 15) is 9.59 Å². The second-order valence-electron chi connectivity index (χ2n) is 8.24. The Morgan fingerprint density at radius 2 is 1.85 bits per heavy atom. The molecule has 0 saturated carbocycles. The highest BCUT2D eigenvalue weighted by Crippen LogP contribution is 2.40. The molecule has 9 heteroatoms. The molecule has 2 amide bonds. The van der Waals surface area contributed by atoms with Gasteiger partial charge in [0.2, 0.25) is 12.7 Å². The third-order valence-electron chi connectivity index (χ3n) is 6.22. The van der Waals surface area contributed by atoms with Gasteiger partial charge in [-0.05, 0) is 42.8 Å². The normalized spacial score (nSPS) is 18.6. The van der Waals surface area contributed by atoms with E-state index < -0.39 is 5.92 Å². The summed E-state index contributed by atoms with van der Waals surface area (Å²) in [6.07, 6.45) is 0.710. The van der Waals surface area contributed by atoms with Gasteiger partial charge in [-0.1, -0.05) is 0 Å². The maximum absolute atomic E-state index is 13.4. The number of hydrogen-bond acceptors (Lipinski definition) is 7. The fourth-order valence-corrected chi connectivity index (χ4v) is 4.45. The molecule has 182 valence electrons. The first-order chi connectivity index (χ1) is 16.5. The Balaban J connectivity index is 1.60. The van der Waals surface area contributed by atoms with Crippen molar-refractivity contribution in [1.82, 2.24) is 10.2 Å². The van der Waals surface area contributed by atoms with Crippen LogP contribution < -0.4 is 24.3 Å². The molecule has 2 aliphatic rings. The fraction of sp³-hybridized carbons (Fsp3) is 0.440. The monoisotopic (exact) mass is 470 g/mol. The van der Waals surface area contributed by atoms with E-state index in [1.165, 1.54) is 0 Å². The minimum Gasteiger partial charge on any atom is -0.497 e. The predicted molar refractivity (Wildman–Crippen MR) is 124 cm³/mol. The van der Waals surface area contributed by atoms with Crippen molar-refractivity contribution in [2.45, 2.75) is 12.3 Å². The van der Waals surface area contributed by atoms with Crippen molar-refractivity contribution in [3.63, 3.8) is 0 Å². The molecule has 4 rings (SSSR count).